The molecule has 122 valence electrons. The first kappa shape index (κ1) is 15.4. The molecule has 0 unspecified atom stereocenters. The molecule has 0 atom stereocenters. The highest BCUT2D eigenvalue weighted by molar-refractivity contribution is 5.90. The molecule has 6 heteroatoms. The molecule has 0 radical (unpaired) electrons. The zero-order chi connectivity index (χ0) is 16.4. The first-order valence-corrected chi connectivity index (χ1v) is 7.93. The SMILES string of the molecule is Cc1ccc(NC(=O)N2CCN(c3cc(C)[nH]n3)CC2)c(C)c1. The molecule has 0 aliphatic carbocycles. The zero-order valence-electron chi connectivity index (χ0n) is 13.9. The van der Waals surface area contributed by atoms with E-state index >= 15 is 0 Å². The van der Waals surface area contributed by atoms with Gasteiger partial charge >= 0.3 is 6.03 Å². The summed E-state index contributed by atoms with van der Waals surface area (Å²) < 4.78 is 0. The van der Waals surface area contributed by atoms with Crippen molar-refractivity contribution in [2.45, 2.75) is 20.8 Å². The van der Waals surface area contributed by atoms with Crippen molar-refractivity contribution in [1.82, 2.24) is 15.1 Å². The molecule has 1 fully saturated rings. The van der Waals surface area contributed by atoms with Crippen LogP contribution < -0.4 is 10.2 Å². The van der Waals surface area contributed by atoms with Crippen LogP contribution in [-0.2, 0) is 0 Å². The number of carbonyl (C=O) groups excluding carboxylic acids is 1. The fourth-order valence-electron chi connectivity index (χ4n) is 2.85. The lowest BCUT2D eigenvalue weighted by molar-refractivity contribution is 0.208. The minimum Gasteiger partial charge on any atom is -0.352 e. The number of anilines is 2. The summed E-state index contributed by atoms with van der Waals surface area (Å²) in [7, 11) is 0. The van der Waals surface area contributed by atoms with Crippen LogP contribution >= 0.6 is 0 Å². The van der Waals surface area contributed by atoms with Gasteiger partial charge in [-0.05, 0) is 32.4 Å². The maximum atomic E-state index is 12.4. The average Bonchev–Trinajstić information content (AvgIpc) is 2.97. The van der Waals surface area contributed by atoms with Gasteiger partial charge in [-0.2, -0.15) is 5.10 Å². The molecule has 1 aliphatic rings. The van der Waals surface area contributed by atoms with Crippen molar-refractivity contribution in [3.63, 3.8) is 0 Å². The summed E-state index contributed by atoms with van der Waals surface area (Å²) in [6, 6.07) is 8.06. The minimum atomic E-state index is -0.0326. The van der Waals surface area contributed by atoms with Crippen LogP contribution in [0.3, 0.4) is 0 Å². The van der Waals surface area contributed by atoms with Crippen LogP contribution in [0.2, 0.25) is 0 Å². The predicted molar refractivity (Wildman–Crippen MR) is 92.0 cm³/mol. The summed E-state index contributed by atoms with van der Waals surface area (Å²) in [5.41, 5.74) is 4.22. The smallest absolute Gasteiger partial charge is 0.321 e. The summed E-state index contributed by atoms with van der Waals surface area (Å²) in [4.78, 5) is 16.5. The third-order valence-corrected chi connectivity index (χ3v) is 4.21. The van der Waals surface area contributed by atoms with Crippen molar-refractivity contribution < 1.29 is 4.79 Å². The number of aromatic amines is 1. The molecule has 0 spiro atoms. The van der Waals surface area contributed by atoms with E-state index in [1.165, 1.54) is 5.56 Å². The number of hydrogen-bond donors (Lipinski definition) is 2. The van der Waals surface area contributed by atoms with Gasteiger partial charge in [0, 0.05) is 43.6 Å². The van der Waals surface area contributed by atoms with Crippen LogP contribution in [-0.4, -0.2) is 47.3 Å². The molecule has 2 heterocycles. The van der Waals surface area contributed by atoms with E-state index in [1.54, 1.807) is 0 Å². The summed E-state index contributed by atoms with van der Waals surface area (Å²) >= 11 is 0. The van der Waals surface area contributed by atoms with E-state index < -0.39 is 0 Å². The fraction of sp³-hybridized carbons (Fsp3) is 0.412. The van der Waals surface area contributed by atoms with E-state index in [4.69, 9.17) is 0 Å². The lowest BCUT2D eigenvalue weighted by Gasteiger charge is -2.34. The minimum absolute atomic E-state index is 0.0326. The van der Waals surface area contributed by atoms with Gasteiger partial charge in [0.25, 0.3) is 0 Å². The maximum absolute atomic E-state index is 12.4. The lowest BCUT2D eigenvalue weighted by atomic mass is 10.1. The number of rotatable bonds is 2. The van der Waals surface area contributed by atoms with Gasteiger partial charge in [0.1, 0.15) is 0 Å². The van der Waals surface area contributed by atoms with Gasteiger partial charge in [0.2, 0.25) is 0 Å². The summed E-state index contributed by atoms with van der Waals surface area (Å²) in [6.07, 6.45) is 0. The maximum Gasteiger partial charge on any atom is 0.321 e. The molecular weight excluding hydrogens is 290 g/mol. The van der Waals surface area contributed by atoms with Crippen LogP contribution in [0.4, 0.5) is 16.3 Å². The van der Waals surface area contributed by atoms with Crippen molar-refractivity contribution in [2.75, 3.05) is 36.4 Å². The molecule has 2 N–H and O–H groups in total. The number of aromatic nitrogens is 2. The van der Waals surface area contributed by atoms with Crippen LogP contribution in [0, 0.1) is 20.8 Å². The first-order chi connectivity index (χ1) is 11.0. The molecule has 23 heavy (non-hydrogen) atoms. The Morgan fingerprint density at radius 1 is 1.13 bits per heavy atom. The topological polar surface area (TPSA) is 64.3 Å². The number of urea groups is 1. The number of H-pyrrole nitrogens is 1. The van der Waals surface area contributed by atoms with Crippen molar-refractivity contribution in [1.29, 1.82) is 0 Å². The van der Waals surface area contributed by atoms with Gasteiger partial charge < -0.3 is 15.1 Å². The van der Waals surface area contributed by atoms with E-state index in [2.05, 4.69) is 33.4 Å². The van der Waals surface area contributed by atoms with E-state index in [9.17, 15) is 4.79 Å². The van der Waals surface area contributed by atoms with E-state index in [0.29, 0.717) is 13.1 Å². The first-order valence-electron chi connectivity index (χ1n) is 7.93. The Bertz CT molecular complexity index is 701. The zero-order valence-corrected chi connectivity index (χ0v) is 13.9. The Hall–Kier alpha value is -2.50. The molecule has 2 amide bonds. The number of amides is 2. The third-order valence-electron chi connectivity index (χ3n) is 4.21. The third kappa shape index (κ3) is 3.47. The van der Waals surface area contributed by atoms with Gasteiger partial charge in [-0.3, -0.25) is 5.10 Å². The monoisotopic (exact) mass is 313 g/mol. The molecule has 1 aromatic carbocycles. The Balaban J connectivity index is 1.58. The van der Waals surface area contributed by atoms with Crippen molar-refractivity contribution >= 4 is 17.5 Å². The highest BCUT2D eigenvalue weighted by Crippen LogP contribution is 2.18. The van der Waals surface area contributed by atoms with Gasteiger partial charge in [-0.1, -0.05) is 17.7 Å². The summed E-state index contributed by atoms with van der Waals surface area (Å²) in [6.45, 7) is 9.04. The predicted octanol–water partition coefficient (Wildman–Crippen LogP) is 2.69. The Morgan fingerprint density at radius 3 is 2.48 bits per heavy atom. The number of nitrogens with zero attached hydrogens (tertiary/aromatic N) is 3. The van der Waals surface area contributed by atoms with Gasteiger partial charge in [0.15, 0.2) is 5.82 Å². The number of benzene rings is 1. The number of aryl methyl sites for hydroxylation is 3. The van der Waals surface area contributed by atoms with Crippen LogP contribution in [0.25, 0.3) is 0 Å². The Labute approximate surface area is 136 Å². The molecule has 1 aromatic heterocycles. The lowest BCUT2D eigenvalue weighted by Crippen LogP contribution is -2.50. The van der Waals surface area contributed by atoms with E-state index in [0.717, 1.165) is 35.9 Å². The molecule has 3 rings (SSSR count). The second-order valence-electron chi connectivity index (χ2n) is 6.13. The van der Waals surface area contributed by atoms with Gasteiger partial charge in [0.05, 0.1) is 0 Å². The normalized spacial score (nSPS) is 14.9. The number of nitrogens with one attached hydrogen (secondary N) is 2. The van der Waals surface area contributed by atoms with Gasteiger partial charge in [-0.25, -0.2) is 4.79 Å². The molecule has 1 aliphatic heterocycles. The quantitative estimate of drug-likeness (QED) is 0.896. The molecule has 0 saturated carbocycles. The number of carbonyl (C=O) groups is 1. The van der Waals surface area contributed by atoms with Crippen molar-refractivity contribution in [3.8, 4) is 0 Å². The molecule has 6 nitrogen and oxygen atoms in total. The molecular formula is C17H23N5O. The van der Waals surface area contributed by atoms with Crippen molar-refractivity contribution in [2.24, 2.45) is 0 Å². The number of hydrogen-bond acceptors (Lipinski definition) is 3. The fourth-order valence-corrected chi connectivity index (χ4v) is 2.85. The Kier molecular flexibility index (Phi) is 4.23. The van der Waals surface area contributed by atoms with E-state index in [-0.39, 0.29) is 6.03 Å². The highest BCUT2D eigenvalue weighted by Gasteiger charge is 2.22. The molecule has 0 bridgehead atoms. The second-order valence-corrected chi connectivity index (χ2v) is 6.13. The standard InChI is InChI=1S/C17H23N5O/c1-12-4-5-15(13(2)10-12)18-17(23)22-8-6-21(7-9-22)16-11-14(3)19-20-16/h4-5,10-11H,6-9H2,1-3H3,(H,18,23)(H,19,20). The second kappa shape index (κ2) is 6.32. The molecule has 2 aromatic rings. The molecule has 1 saturated heterocycles. The van der Waals surface area contributed by atoms with Crippen LogP contribution in [0.1, 0.15) is 16.8 Å². The summed E-state index contributed by atoms with van der Waals surface area (Å²) in [5.74, 6) is 0.955. The van der Waals surface area contributed by atoms with Crippen LogP contribution in [0.5, 0.6) is 0 Å². The van der Waals surface area contributed by atoms with E-state index in [1.807, 2.05) is 36.9 Å². The average molecular weight is 313 g/mol. The van der Waals surface area contributed by atoms with Crippen molar-refractivity contribution in [3.05, 3.63) is 41.1 Å². The van der Waals surface area contributed by atoms with Crippen LogP contribution in [0.15, 0.2) is 24.3 Å². The summed E-state index contributed by atoms with van der Waals surface area (Å²) in [5, 5.41) is 10.3. The highest BCUT2D eigenvalue weighted by atomic mass is 16.2. The van der Waals surface area contributed by atoms with Gasteiger partial charge in [-0.15, -0.1) is 0 Å². The number of piperazine rings is 1. The Morgan fingerprint density at radius 2 is 1.87 bits per heavy atom. The largest absolute Gasteiger partial charge is 0.352 e.